The van der Waals surface area contributed by atoms with Gasteiger partial charge in [0.2, 0.25) is 0 Å². The number of likely N-dealkylation sites (tertiary alicyclic amines) is 1. The second-order valence-corrected chi connectivity index (χ2v) is 5.65. The molecule has 6 heteroatoms. The maximum atomic E-state index is 12.4. The van der Waals surface area contributed by atoms with E-state index in [1.54, 1.807) is 20.3 Å². The SMILES string of the molecule is COc1cc(OC)cc(C2CCCN(CCC(F)(F)F)C2)c1. The van der Waals surface area contributed by atoms with E-state index in [-0.39, 0.29) is 12.5 Å². The van der Waals surface area contributed by atoms with E-state index in [2.05, 4.69) is 0 Å². The van der Waals surface area contributed by atoms with Crippen LogP contribution >= 0.6 is 0 Å². The maximum Gasteiger partial charge on any atom is 0.390 e. The van der Waals surface area contributed by atoms with Gasteiger partial charge in [-0.05, 0) is 43.0 Å². The van der Waals surface area contributed by atoms with Crippen molar-refractivity contribution in [3.8, 4) is 11.5 Å². The van der Waals surface area contributed by atoms with Crippen LogP contribution in [-0.4, -0.2) is 44.9 Å². The largest absolute Gasteiger partial charge is 0.497 e. The van der Waals surface area contributed by atoms with E-state index < -0.39 is 12.6 Å². The molecule has 1 saturated heterocycles. The second-order valence-electron chi connectivity index (χ2n) is 5.65. The summed E-state index contributed by atoms with van der Waals surface area (Å²) in [4.78, 5) is 1.90. The molecule has 1 heterocycles. The van der Waals surface area contributed by atoms with Crippen LogP contribution in [0.4, 0.5) is 13.2 Å². The number of halogens is 3. The predicted molar refractivity (Wildman–Crippen MR) is 78.6 cm³/mol. The van der Waals surface area contributed by atoms with Crippen molar-refractivity contribution in [2.24, 2.45) is 0 Å². The molecule has 1 aliphatic heterocycles. The highest BCUT2D eigenvalue weighted by Gasteiger charge is 2.29. The Labute approximate surface area is 129 Å². The molecule has 0 saturated carbocycles. The van der Waals surface area contributed by atoms with Crippen molar-refractivity contribution >= 4 is 0 Å². The van der Waals surface area contributed by atoms with Crippen LogP contribution in [0.1, 0.15) is 30.7 Å². The van der Waals surface area contributed by atoms with Crippen LogP contribution < -0.4 is 9.47 Å². The summed E-state index contributed by atoms with van der Waals surface area (Å²) in [5.41, 5.74) is 1.06. The lowest BCUT2D eigenvalue weighted by Crippen LogP contribution is -2.36. The molecule has 0 bridgehead atoms. The van der Waals surface area contributed by atoms with Crippen LogP contribution in [-0.2, 0) is 0 Å². The molecule has 0 radical (unpaired) electrons. The molecule has 0 aliphatic carbocycles. The first-order valence-electron chi connectivity index (χ1n) is 7.43. The van der Waals surface area contributed by atoms with Crippen LogP contribution in [0.25, 0.3) is 0 Å². The zero-order valence-electron chi connectivity index (χ0n) is 12.9. The molecule has 22 heavy (non-hydrogen) atoms. The molecule has 1 fully saturated rings. The first-order valence-corrected chi connectivity index (χ1v) is 7.43. The molecule has 0 N–H and O–H groups in total. The van der Waals surface area contributed by atoms with Crippen LogP contribution in [0.5, 0.6) is 11.5 Å². The molecule has 2 rings (SSSR count). The van der Waals surface area contributed by atoms with Gasteiger partial charge in [0, 0.05) is 19.2 Å². The number of nitrogens with zero attached hydrogens (tertiary/aromatic N) is 1. The molecule has 3 nitrogen and oxygen atoms in total. The molecular weight excluding hydrogens is 295 g/mol. The zero-order chi connectivity index (χ0) is 16.2. The number of alkyl halides is 3. The van der Waals surface area contributed by atoms with Crippen molar-refractivity contribution < 1.29 is 22.6 Å². The molecule has 1 aromatic rings. The average molecular weight is 317 g/mol. The summed E-state index contributed by atoms with van der Waals surface area (Å²) in [6.45, 7) is 1.45. The standard InChI is InChI=1S/C16H22F3NO2/c1-21-14-8-13(9-15(10-14)22-2)12-4-3-6-20(11-12)7-5-16(17,18)19/h8-10,12H,3-7,11H2,1-2H3. The lowest BCUT2D eigenvalue weighted by molar-refractivity contribution is -0.138. The normalized spacial score (nSPS) is 20.0. The molecule has 1 unspecified atom stereocenters. The van der Waals surface area contributed by atoms with E-state index in [0.29, 0.717) is 18.0 Å². The summed E-state index contributed by atoms with van der Waals surface area (Å²) in [5.74, 6) is 1.63. The number of piperidine rings is 1. The van der Waals surface area contributed by atoms with Crippen molar-refractivity contribution in [3.63, 3.8) is 0 Å². The molecule has 0 spiro atoms. The van der Waals surface area contributed by atoms with Gasteiger partial charge in [-0.15, -0.1) is 0 Å². The predicted octanol–water partition coefficient (Wildman–Crippen LogP) is 3.84. The molecule has 0 aromatic heterocycles. The van der Waals surface area contributed by atoms with Crippen molar-refractivity contribution in [3.05, 3.63) is 23.8 Å². The molecular formula is C16H22F3NO2. The van der Waals surface area contributed by atoms with Crippen molar-refractivity contribution in [1.82, 2.24) is 4.90 Å². The van der Waals surface area contributed by atoms with Gasteiger partial charge in [0.1, 0.15) is 11.5 Å². The fraction of sp³-hybridized carbons (Fsp3) is 0.625. The van der Waals surface area contributed by atoms with Gasteiger partial charge in [-0.25, -0.2) is 0 Å². The Morgan fingerprint density at radius 3 is 2.32 bits per heavy atom. The van der Waals surface area contributed by atoms with Gasteiger partial charge in [0.25, 0.3) is 0 Å². The van der Waals surface area contributed by atoms with Gasteiger partial charge in [0.05, 0.1) is 20.6 Å². The Morgan fingerprint density at radius 2 is 1.77 bits per heavy atom. The number of ether oxygens (including phenoxy) is 2. The van der Waals surface area contributed by atoms with Gasteiger partial charge in [-0.2, -0.15) is 13.2 Å². The van der Waals surface area contributed by atoms with E-state index >= 15 is 0 Å². The van der Waals surface area contributed by atoms with E-state index in [0.717, 1.165) is 24.9 Å². The lowest BCUT2D eigenvalue weighted by Gasteiger charge is -2.33. The van der Waals surface area contributed by atoms with Gasteiger partial charge < -0.3 is 14.4 Å². The van der Waals surface area contributed by atoms with Crippen molar-refractivity contribution in [1.29, 1.82) is 0 Å². The Morgan fingerprint density at radius 1 is 1.14 bits per heavy atom. The zero-order valence-corrected chi connectivity index (χ0v) is 12.9. The average Bonchev–Trinajstić information content (AvgIpc) is 2.52. The topological polar surface area (TPSA) is 21.7 Å². The van der Waals surface area contributed by atoms with Gasteiger partial charge in [0.15, 0.2) is 0 Å². The Hall–Kier alpha value is -1.43. The van der Waals surface area contributed by atoms with E-state index in [9.17, 15) is 13.2 Å². The smallest absolute Gasteiger partial charge is 0.390 e. The molecule has 1 aliphatic rings. The number of hydrogen-bond acceptors (Lipinski definition) is 3. The number of rotatable bonds is 5. The number of benzene rings is 1. The van der Waals surface area contributed by atoms with Crippen LogP contribution in [0.3, 0.4) is 0 Å². The molecule has 0 amide bonds. The van der Waals surface area contributed by atoms with Crippen LogP contribution in [0.2, 0.25) is 0 Å². The fourth-order valence-electron chi connectivity index (χ4n) is 2.88. The first kappa shape index (κ1) is 16.9. The summed E-state index contributed by atoms with van der Waals surface area (Å²) in [6.07, 6.45) is -2.96. The Kier molecular flexibility index (Phi) is 5.56. The Bertz CT molecular complexity index is 469. The summed E-state index contributed by atoms with van der Waals surface area (Å²) in [7, 11) is 3.18. The number of hydrogen-bond donors (Lipinski definition) is 0. The third-order valence-electron chi connectivity index (χ3n) is 4.06. The Balaban J connectivity index is 2.05. The highest BCUT2D eigenvalue weighted by atomic mass is 19.4. The quantitative estimate of drug-likeness (QED) is 0.824. The number of methoxy groups -OCH3 is 2. The fourth-order valence-corrected chi connectivity index (χ4v) is 2.88. The third kappa shape index (κ3) is 4.80. The van der Waals surface area contributed by atoms with E-state index in [4.69, 9.17) is 9.47 Å². The van der Waals surface area contributed by atoms with Gasteiger partial charge in [-0.1, -0.05) is 0 Å². The van der Waals surface area contributed by atoms with E-state index in [1.807, 2.05) is 17.0 Å². The van der Waals surface area contributed by atoms with Crippen LogP contribution in [0.15, 0.2) is 18.2 Å². The van der Waals surface area contributed by atoms with Crippen molar-refractivity contribution in [2.45, 2.75) is 31.4 Å². The highest BCUT2D eigenvalue weighted by molar-refractivity contribution is 5.40. The summed E-state index contributed by atoms with van der Waals surface area (Å²) in [6, 6.07) is 5.69. The molecule has 1 atom stereocenters. The van der Waals surface area contributed by atoms with Gasteiger partial charge in [-0.3, -0.25) is 0 Å². The summed E-state index contributed by atoms with van der Waals surface area (Å²) in [5, 5.41) is 0. The molecule has 124 valence electrons. The van der Waals surface area contributed by atoms with E-state index in [1.165, 1.54) is 0 Å². The minimum atomic E-state index is -4.09. The van der Waals surface area contributed by atoms with Gasteiger partial charge >= 0.3 is 6.18 Å². The second kappa shape index (κ2) is 7.22. The highest BCUT2D eigenvalue weighted by Crippen LogP contribution is 2.33. The summed E-state index contributed by atoms with van der Waals surface area (Å²) < 4.78 is 47.6. The lowest BCUT2D eigenvalue weighted by atomic mass is 9.90. The first-order chi connectivity index (χ1) is 10.4. The third-order valence-corrected chi connectivity index (χ3v) is 4.06. The maximum absolute atomic E-state index is 12.4. The summed E-state index contributed by atoms with van der Waals surface area (Å²) >= 11 is 0. The van der Waals surface area contributed by atoms with Crippen molar-refractivity contribution in [2.75, 3.05) is 33.9 Å². The minimum absolute atomic E-state index is 0.0705. The minimum Gasteiger partial charge on any atom is -0.497 e. The van der Waals surface area contributed by atoms with Crippen LogP contribution in [0, 0.1) is 0 Å². The molecule has 1 aromatic carbocycles. The monoisotopic (exact) mass is 317 g/mol.